The lowest BCUT2D eigenvalue weighted by molar-refractivity contribution is -0.121. The van der Waals surface area contributed by atoms with Crippen LogP contribution < -0.4 is 10.6 Å². The standard InChI is InChI=1S/C13H18N2O3.ClH/c1-14-7-6-12(16)15-9-10-4-3-5-11(8-10)13(17)18-2;/h3-5,8,14H,6-7,9H2,1-2H3,(H,15,16);1H. The lowest BCUT2D eigenvalue weighted by Gasteiger charge is -2.06. The van der Waals surface area contributed by atoms with Crippen molar-refractivity contribution >= 4 is 24.3 Å². The maximum Gasteiger partial charge on any atom is 0.337 e. The summed E-state index contributed by atoms with van der Waals surface area (Å²) < 4.78 is 4.64. The van der Waals surface area contributed by atoms with Crippen LogP contribution in [-0.2, 0) is 16.1 Å². The fourth-order valence-corrected chi connectivity index (χ4v) is 1.45. The van der Waals surface area contributed by atoms with Crippen LogP contribution in [0.2, 0.25) is 0 Å². The van der Waals surface area contributed by atoms with Crippen LogP contribution in [0.25, 0.3) is 0 Å². The van der Waals surface area contributed by atoms with Crippen molar-refractivity contribution in [2.45, 2.75) is 13.0 Å². The molecule has 0 saturated heterocycles. The van der Waals surface area contributed by atoms with Crippen LogP contribution in [0.1, 0.15) is 22.3 Å². The van der Waals surface area contributed by atoms with Crippen LogP contribution in [0.3, 0.4) is 0 Å². The molecule has 0 radical (unpaired) electrons. The molecule has 19 heavy (non-hydrogen) atoms. The third kappa shape index (κ3) is 6.22. The Morgan fingerprint density at radius 2 is 2.05 bits per heavy atom. The summed E-state index contributed by atoms with van der Waals surface area (Å²) in [4.78, 5) is 22.7. The minimum absolute atomic E-state index is 0. The summed E-state index contributed by atoms with van der Waals surface area (Å²) in [6.07, 6.45) is 0.438. The fourth-order valence-electron chi connectivity index (χ4n) is 1.45. The Balaban J connectivity index is 0.00000324. The van der Waals surface area contributed by atoms with Gasteiger partial charge in [0, 0.05) is 19.5 Å². The molecule has 106 valence electrons. The molecule has 0 spiro atoms. The van der Waals surface area contributed by atoms with Crippen molar-refractivity contribution in [3.8, 4) is 0 Å². The molecule has 0 bridgehead atoms. The quantitative estimate of drug-likeness (QED) is 0.769. The van der Waals surface area contributed by atoms with Crippen molar-refractivity contribution in [2.24, 2.45) is 0 Å². The number of benzene rings is 1. The van der Waals surface area contributed by atoms with Gasteiger partial charge < -0.3 is 15.4 Å². The number of halogens is 1. The summed E-state index contributed by atoms with van der Waals surface area (Å²) in [6, 6.07) is 7.01. The molecule has 1 aromatic carbocycles. The zero-order chi connectivity index (χ0) is 13.4. The molecule has 0 aliphatic rings. The molecule has 1 rings (SSSR count). The van der Waals surface area contributed by atoms with Gasteiger partial charge in [-0.25, -0.2) is 4.79 Å². The molecule has 2 N–H and O–H groups in total. The molecular formula is C13H19ClN2O3. The van der Waals surface area contributed by atoms with Crippen molar-refractivity contribution in [3.05, 3.63) is 35.4 Å². The zero-order valence-electron chi connectivity index (χ0n) is 11.1. The number of rotatable bonds is 6. The first-order valence-corrected chi connectivity index (χ1v) is 5.76. The summed E-state index contributed by atoms with van der Waals surface area (Å²) in [5, 5.41) is 5.69. The molecule has 1 aromatic rings. The number of carbonyl (C=O) groups excluding carboxylic acids is 2. The number of nitrogens with one attached hydrogen (secondary N) is 2. The second-order valence-electron chi connectivity index (χ2n) is 3.82. The van der Waals surface area contributed by atoms with Crippen LogP contribution in [0, 0.1) is 0 Å². The number of amides is 1. The number of esters is 1. The van der Waals surface area contributed by atoms with E-state index in [1.165, 1.54) is 7.11 Å². The maximum absolute atomic E-state index is 11.4. The summed E-state index contributed by atoms with van der Waals surface area (Å²) >= 11 is 0. The third-order valence-corrected chi connectivity index (χ3v) is 2.44. The molecule has 0 aliphatic carbocycles. The van der Waals surface area contributed by atoms with E-state index < -0.39 is 0 Å². The highest BCUT2D eigenvalue weighted by molar-refractivity contribution is 5.89. The second kappa shape index (κ2) is 9.35. The van der Waals surface area contributed by atoms with Crippen molar-refractivity contribution in [1.82, 2.24) is 10.6 Å². The number of carbonyl (C=O) groups is 2. The van der Waals surface area contributed by atoms with Crippen molar-refractivity contribution in [2.75, 3.05) is 20.7 Å². The first kappa shape index (κ1) is 17.4. The molecule has 0 atom stereocenters. The van der Waals surface area contributed by atoms with Gasteiger partial charge in [-0.1, -0.05) is 12.1 Å². The van der Waals surface area contributed by atoms with E-state index in [1.807, 2.05) is 6.07 Å². The van der Waals surface area contributed by atoms with E-state index in [2.05, 4.69) is 15.4 Å². The van der Waals surface area contributed by atoms with E-state index in [1.54, 1.807) is 25.2 Å². The van der Waals surface area contributed by atoms with Gasteiger partial charge in [0.25, 0.3) is 0 Å². The Hall–Kier alpha value is -1.59. The van der Waals surface area contributed by atoms with Crippen molar-refractivity contribution in [3.63, 3.8) is 0 Å². The Bertz CT molecular complexity index is 424. The average Bonchev–Trinajstić information content (AvgIpc) is 2.42. The van der Waals surface area contributed by atoms with Crippen LogP contribution in [0.5, 0.6) is 0 Å². The normalized spacial score (nSPS) is 9.37. The Labute approximate surface area is 119 Å². The molecule has 0 aliphatic heterocycles. The lowest BCUT2D eigenvalue weighted by Crippen LogP contribution is -2.26. The summed E-state index contributed by atoms with van der Waals surface area (Å²) in [6.45, 7) is 1.06. The average molecular weight is 287 g/mol. The summed E-state index contributed by atoms with van der Waals surface area (Å²) in [7, 11) is 3.14. The number of methoxy groups -OCH3 is 1. The first-order valence-electron chi connectivity index (χ1n) is 5.76. The lowest BCUT2D eigenvalue weighted by atomic mass is 10.1. The molecule has 5 nitrogen and oxygen atoms in total. The second-order valence-corrected chi connectivity index (χ2v) is 3.82. The Morgan fingerprint density at radius 3 is 2.68 bits per heavy atom. The van der Waals surface area contributed by atoms with Crippen LogP contribution in [0.4, 0.5) is 0 Å². The van der Waals surface area contributed by atoms with Gasteiger partial charge in [-0.05, 0) is 24.7 Å². The SMILES string of the molecule is CNCCC(=O)NCc1cccc(C(=O)OC)c1.Cl. The van der Waals surface area contributed by atoms with Crippen LogP contribution in [-0.4, -0.2) is 32.6 Å². The third-order valence-electron chi connectivity index (χ3n) is 2.44. The first-order chi connectivity index (χ1) is 8.67. The van der Waals surface area contributed by atoms with E-state index in [0.29, 0.717) is 25.1 Å². The monoisotopic (exact) mass is 286 g/mol. The zero-order valence-corrected chi connectivity index (χ0v) is 11.9. The van der Waals surface area contributed by atoms with Gasteiger partial charge in [0.1, 0.15) is 0 Å². The highest BCUT2D eigenvalue weighted by atomic mass is 35.5. The van der Waals surface area contributed by atoms with Gasteiger partial charge in [0.2, 0.25) is 5.91 Å². The van der Waals surface area contributed by atoms with E-state index in [4.69, 9.17) is 0 Å². The highest BCUT2D eigenvalue weighted by Crippen LogP contribution is 2.06. The summed E-state index contributed by atoms with van der Waals surface area (Å²) in [5.41, 5.74) is 1.36. The van der Waals surface area contributed by atoms with E-state index in [-0.39, 0.29) is 24.3 Å². The van der Waals surface area contributed by atoms with Crippen molar-refractivity contribution in [1.29, 1.82) is 0 Å². The van der Waals surface area contributed by atoms with Gasteiger partial charge in [-0.15, -0.1) is 12.4 Å². The van der Waals surface area contributed by atoms with E-state index >= 15 is 0 Å². The number of ether oxygens (including phenoxy) is 1. The van der Waals surface area contributed by atoms with Crippen LogP contribution in [0.15, 0.2) is 24.3 Å². The molecule has 1 amide bonds. The van der Waals surface area contributed by atoms with Gasteiger partial charge in [-0.2, -0.15) is 0 Å². The predicted octanol–water partition coefficient (Wildman–Crippen LogP) is 1.12. The Morgan fingerprint density at radius 1 is 1.32 bits per heavy atom. The van der Waals surface area contributed by atoms with Crippen molar-refractivity contribution < 1.29 is 14.3 Å². The molecule has 0 heterocycles. The van der Waals surface area contributed by atoms with E-state index in [0.717, 1.165) is 5.56 Å². The fraction of sp³-hybridized carbons (Fsp3) is 0.385. The maximum atomic E-state index is 11.4. The smallest absolute Gasteiger partial charge is 0.337 e. The molecule has 6 heteroatoms. The molecule has 0 fully saturated rings. The molecular weight excluding hydrogens is 268 g/mol. The number of hydrogen-bond acceptors (Lipinski definition) is 4. The molecule has 0 saturated carbocycles. The van der Waals surface area contributed by atoms with Gasteiger partial charge >= 0.3 is 5.97 Å². The number of hydrogen-bond donors (Lipinski definition) is 2. The van der Waals surface area contributed by atoms with Gasteiger partial charge in [0.05, 0.1) is 12.7 Å². The topological polar surface area (TPSA) is 67.4 Å². The van der Waals surface area contributed by atoms with Gasteiger partial charge in [0.15, 0.2) is 0 Å². The largest absolute Gasteiger partial charge is 0.465 e. The van der Waals surface area contributed by atoms with Crippen LogP contribution >= 0.6 is 12.4 Å². The predicted molar refractivity (Wildman–Crippen MR) is 75.4 cm³/mol. The molecule has 0 aromatic heterocycles. The van der Waals surface area contributed by atoms with E-state index in [9.17, 15) is 9.59 Å². The Kier molecular flexibility index (Phi) is 8.57. The summed E-state index contributed by atoms with van der Waals surface area (Å²) in [5.74, 6) is -0.397. The minimum atomic E-state index is -0.377. The highest BCUT2D eigenvalue weighted by Gasteiger charge is 2.06. The minimum Gasteiger partial charge on any atom is -0.465 e. The van der Waals surface area contributed by atoms with Gasteiger partial charge in [-0.3, -0.25) is 4.79 Å². The molecule has 0 unspecified atom stereocenters.